The molecule has 0 radical (unpaired) electrons. The number of rotatable bonds is 5. The third-order valence-corrected chi connectivity index (χ3v) is 4.08. The summed E-state index contributed by atoms with van der Waals surface area (Å²) in [6, 6.07) is 6.60. The van der Waals surface area contributed by atoms with Crippen molar-refractivity contribution in [1.29, 1.82) is 0 Å². The van der Waals surface area contributed by atoms with Gasteiger partial charge in [0.2, 0.25) is 5.91 Å². The summed E-state index contributed by atoms with van der Waals surface area (Å²) < 4.78 is 25.2. The van der Waals surface area contributed by atoms with Crippen molar-refractivity contribution in [1.82, 2.24) is 4.90 Å². The van der Waals surface area contributed by atoms with Crippen molar-refractivity contribution in [2.45, 2.75) is 38.2 Å². The van der Waals surface area contributed by atoms with Crippen molar-refractivity contribution in [3.05, 3.63) is 29.8 Å². The van der Waals surface area contributed by atoms with Gasteiger partial charge in [0.25, 0.3) is 12.3 Å². The van der Waals surface area contributed by atoms with Gasteiger partial charge >= 0.3 is 0 Å². The van der Waals surface area contributed by atoms with Crippen LogP contribution in [0, 0.1) is 0 Å². The summed E-state index contributed by atoms with van der Waals surface area (Å²) in [5.41, 5.74) is 1.15. The average Bonchev–Trinajstić information content (AvgIpc) is 3.26. The molecule has 1 aromatic rings. The number of nitrogens with zero attached hydrogens (tertiary/aromatic N) is 2. The number of benzene rings is 1. The molecule has 6 heteroatoms. The van der Waals surface area contributed by atoms with E-state index in [4.69, 9.17) is 0 Å². The second-order valence-electron chi connectivity index (χ2n) is 5.78. The molecule has 22 heavy (non-hydrogen) atoms. The topological polar surface area (TPSA) is 40.6 Å². The van der Waals surface area contributed by atoms with E-state index in [9.17, 15) is 18.4 Å². The van der Waals surface area contributed by atoms with E-state index in [0.29, 0.717) is 18.5 Å². The van der Waals surface area contributed by atoms with Gasteiger partial charge in [-0.15, -0.1) is 0 Å². The molecule has 118 valence electrons. The van der Waals surface area contributed by atoms with Crippen molar-refractivity contribution in [2.75, 3.05) is 18.0 Å². The van der Waals surface area contributed by atoms with E-state index in [1.54, 1.807) is 29.2 Å². The van der Waals surface area contributed by atoms with E-state index >= 15 is 0 Å². The van der Waals surface area contributed by atoms with Crippen LogP contribution in [-0.4, -0.2) is 42.3 Å². The van der Waals surface area contributed by atoms with Crippen LogP contribution in [-0.2, 0) is 4.79 Å². The number of carbonyl (C=O) groups is 2. The molecule has 0 atom stereocenters. The average molecular weight is 308 g/mol. The fourth-order valence-electron chi connectivity index (χ4n) is 2.80. The summed E-state index contributed by atoms with van der Waals surface area (Å²) in [7, 11) is 0. The molecule has 1 aliphatic carbocycles. The Bertz CT molecular complexity index is 570. The molecule has 0 aromatic heterocycles. The third-order valence-electron chi connectivity index (χ3n) is 4.08. The minimum absolute atomic E-state index is 0.0543. The van der Waals surface area contributed by atoms with Gasteiger partial charge in [0.1, 0.15) is 0 Å². The number of anilines is 1. The molecule has 2 fully saturated rings. The van der Waals surface area contributed by atoms with Gasteiger partial charge in [-0.1, -0.05) is 0 Å². The first-order chi connectivity index (χ1) is 10.6. The molecular formula is C16H18F2N2O2. The highest BCUT2D eigenvalue weighted by molar-refractivity contribution is 5.97. The number of hydrogen-bond acceptors (Lipinski definition) is 2. The predicted octanol–water partition coefficient (Wildman–Crippen LogP) is 2.68. The third kappa shape index (κ3) is 3.10. The minimum atomic E-state index is -2.52. The minimum Gasteiger partial charge on any atom is -0.330 e. The molecule has 0 bridgehead atoms. The van der Waals surface area contributed by atoms with Crippen molar-refractivity contribution in [3.8, 4) is 0 Å². The van der Waals surface area contributed by atoms with Gasteiger partial charge < -0.3 is 9.80 Å². The normalized spacial score (nSPS) is 18.1. The van der Waals surface area contributed by atoms with Gasteiger partial charge in [-0.3, -0.25) is 9.59 Å². The van der Waals surface area contributed by atoms with Crippen LogP contribution < -0.4 is 4.90 Å². The molecule has 1 saturated carbocycles. The molecule has 1 heterocycles. The Morgan fingerprint density at radius 2 is 1.95 bits per heavy atom. The van der Waals surface area contributed by atoms with Crippen molar-refractivity contribution in [2.24, 2.45) is 0 Å². The quantitative estimate of drug-likeness (QED) is 0.839. The zero-order chi connectivity index (χ0) is 15.7. The molecule has 1 aliphatic heterocycles. The zero-order valence-corrected chi connectivity index (χ0v) is 12.2. The molecule has 1 aromatic carbocycles. The predicted molar refractivity (Wildman–Crippen MR) is 78.1 cm³/mol. The fourth-order valence-corrected chi connectivity index (χ4v) is 2.80. The highest BCUT2D eigenvalue weighted by atomic mass is 19.3. The molecule has 2 amide bonds. The summed E-state index contributed by atoms with van der Waals surface area (Å²) in [6.07, 6.45) is 0.442. The van der Waals surface area contributed by atoms with Crippen molar-refractivity contribution >= 4 is 17.5 Å². The lowest BCUT2D eigenvalue weighted by Crippen LogP contribution is -2.37. The zero-order valence-electron chi connectivity index (χ0n) is 12.2. The van der Waals surface area contributed by atoms with Crippen molar-refractivity contribution in [3.63, 3.8) is 0 Å². The van der Waals surface area contributed by atoms with Crippen LogP contribution in [0.3, 0.4) is 0 Å². The van der Waals surface area contributed by atoms with Gasteiger partial charge in [-0.2, -0.15) is 0 Å². The van der Waals surface area contributed by atoms with Crippen LogP contribution >= 0.6 is 0 Å². The van der Waals surface area contributed by atoms with Gasteiger partial charge in [0.15, 0.2) is 0 Å². The molecule has 0 spiro atoms. The molecular weight excluding hydrogens is 290 g/mol. The molecule has 0 N–H and O–H groups in total. The van der Waals surface area contributed by atoms with E-state index in [-0.39, 0.29) is 17.9 Å². The maximum atomic E-state index is 12.6. The van der Waals surface area contributed by atoms with Gasteiger partial charge in [0.05, 0.1) is 6.54 Å². The monoisotopic (exact) mass is 308 g/mol. The molecule has 0 unspecified atom stereocenters. The SMILES string of the molecule is O=C1CCCN1c1ccc(C(=O)N(CC(F)F)C2CC2)cc1. The van der Waals surface area contributed by atoms with Crippen LogP contribution in [0.15, 0.2) is 24.3 Å². The Balaban J connectivity index is 1.73. The lowest BCUT2D eigenvalue weighted by atomic mass is 10.1. The van der Waals surface area contributed by atoms with Crippen LogP contribution in [0.5, 0.6) is 0 Å². The lowest BCUT2D eigenvalue weighted by molar-refractivity contribution is -0.117. The first-order valence-corrected chi connectivity index (χ1v) is 7.56. The maximum absolute atomic E-state index is 12.6. The Labute approximate surface area is 127 Å². The number of carbonyl (C=O) groups excluding carboxylic acids is 2. The number of amides is 2. The van der Waals surface area contributed by atoms with Crippen LogP contribution in [0.1, 0.15) is 36.0 Å². The lowest BCUT2D eigenvalue weighted by Gasteiger charge is -2.22. The summed E-state index contributed by atoms with van der Waals surface area (Å²) in [4.78, 5) is 27.0. The largest absolute Gasteiger partial charge is 0.330 e. The summed E-state index contributed by atoms with van der Waals surface area (Å²) in [5.74, 6) is -0.279. The number of halogens is 2. The van der Waals surface area contributed by atoms with E-state index in [2.05, 4.69) is 0 Å². The highest BCUT2D eigenvalue weighted by Crippen LogP contribution is 2.29. The van der Waals surface area contributed by atoms with Crippen molar-refractivity contribution < 1.29 is 18.4 Å². The van der Waals surface area contributed by atoms with E-state index < -0.39 is 13.0 Å². The second-order valence-corrected chi connectivity index (χ2v) is 5.78. The Morgan fingerprint density at radius 3 is 2.45 bits per heavy atom. The number of alkyl halides is 2. The fraction of sp³-hybridized carbons (Fsp3) is 0.500. The molecule has 1 saturated heterocycles. The highest BCUT2D eigenvalue weighted by Gasteiger charge is 2.34. The van der Waals surface area contributed by atoms with Crippen LogP contribution in [0.4, 0.5) is 14.5 Å². The molecule has 4 nitrogen and oxygen atoms in total. The van der Waals surface area contributed by atoms with Gasteiger partial charge in [0, 0.05) is 30.3 Å². The Morgan fingerprint density at radius 1 is 1.27 bits per heavy atom. The van der Waals surface area contributed by atoms with Gasteiger partial charge in [-0.05, 0) is 43.5 Å². The van der Waals surface area contributed by atoms with Crippen LogP contribution in [0.25, 0.3) is 0 Å². The first kappa shape index (κ1) is 14.9. The van der Waals surface area contributed by atoms with E-state index in [1.165, 1.54) is 4.90 Å². The van der Waals surface area contributed by atoms with E-state index in [0.717, 1.165) is 24.9 Å². The maximum Gasteiger partial charge on any atom is 0.255 e. The van der Waals surface area contributed by atoms with E-state index in [1.807, 2.05) is 0 Å². The smallest absolute Gasteiger partial charge is 0.255 e. The second kappa shape index (κ2) is 6.02. The summed E-state index contributed by atoms with van der Waals surface area (Å²) in [6.45, 7) is 0.168. The Hall–Kier alpha value is -1.98. The standard InChI is InChI=1S/C16H18F2N2O2/c17-14(18)10-20(13-7-8-13)16(22)11-3-5-12(6-4-11)19-9-1-2-15(19)21/h3-6,13-14H,1-2,7-10H2. The summed E-state index contributed by atoms with van der Waals surface area (Å²) >= 11 is 0. The summed E-state index contributed by atoms with van der Waals surface area (Å²) in [5, 5.41) is 0. The molecule has 2 aliphatic rings. The van der Waals surface area contributed by atoms with Gasteiger partial charge in [-0.25, -0.2) is 8.78 Å². The van der Waals surface area contributed by atoms with Crippen LogP contribution in [0.2, 0.25) is 0 Å². The number of hydrogen-bond donors (Lipinski definition) is 0. The first-order valence-electron chi connectivity index (χ1n) is 7.56. The molecule has 3 rings (SSSR count). The Kier molecular flexibility index (Phi) is 4.09.